The standard InChI is InChI=1S/C15H16N2O3S/c1-20-13-4-2-3-11(9-13)15(16)10-21-14-7-5-12(6-8-14)17(18)19/h2-9,15H,10,16H2,1H3. The minimum absolute atomic E-state index is 0.0939. The number of nitro groups is 1. The highest BCUT2D eigenvalue weighted by Gasteiger charge is 2.09. The molecule has 1 unspecified atom stereocenters. The van der Waals surface area contributed by atoms with Gasteiger partial charge in [-0.25, -0.2) is 0 Å². The van der Waals surface area contributed by atoms with Crippen LogP contribution in [0, 0.1) is 10.1 Å². The molecule has 2 aromatic rings. The van der Waals surface area contributed by atoms with E-state index in [9.17, 15) is 10.1 Å². The summed E-state index contributed by atoms with van der Waals surface area (Å²) in [5.74, 6) is 1.47. The molecule has 21 heavy (non-hydrogen) atoms. The second-order valence-corrected chi connectivity index (χ2v) is 5.54. The lowest BCUT2D eigenvalue weighted by atomic mass is 10.1. The van der Waals surface area contributed by atoms with Crippen molar-refractivity contribution in [2.24, 2.45) is 5.73 Å². The number of thioether (sulfide) groups is 1. The van der Waals surface area contributed by atoms with E-state index in [1.807, 2.05) is 24.3 Å². The van der Waals surface area contributed by atoms with Gasteiger partial charge in [-0.3, -0.25) is 10.1 Å². The summed E-state index contributed by atoms with van der Waals surface area (Å²) in [6.07, 6.45) is 0. The summed E-state index contributed by atoms with van der Waals surface area (Å²) in [7, 11) is 1.62. The zero-order valence-corrected chi connectivity index (χ0v) is 12.4. The summed E-state index contributed by atoms with van der Waals surface area (Å²) in [5, 5.41) is 10.6. The summed E-state index contributed by atoms with van der Waals surface area (Å²) in [5.41, 5.74) is 7.26. The number of hydrogen-bond acceptors (Lipinski definition) is 5. The Morgan fingerprint density at radius 3 is 2.62 bits per heavy atom. The molecule has 2 aromatic carbocycles. The first-order valence-corrected chi connectivity index (χ1v) is 7.35. The minimum Gasteiger partial charge on any atom is -0.497 e. The van der Waals surface area contributed by atoms with Gasteiger partial charge < -0.3 is 10.5 Å². The highest BCUT2D eigenvalue weighted by molar-refractivity contribution is 7.99. The van der Waals surface area contributed by atoms with Gasteiger partial charge in [0, 0.05) is 28.8 Å². The van der Waals surface area contributed by atoms with Crippen molar-refractivity contribution < 1.29 is 9.66 Å². The molecule has 0 radical (unpaired) electrons. The molecule has 0 aliphatic rings. The molecule has 5 nitrogen and oxygen atoms in total. The summed E-state index contributed by atoms with van der Waals surface area (Å²) in [6.45, 7) is 0. The number of rotatable bonds is 6. The second-order valence-electron chi connectivity index (χ2n) is 4.45. The van der Waals surface area contributed by atoms with Gasteiger partial charge in [0.1, 0.15) is 5.75 Å². The number of nitro benzene ring substituents is 1. The Labute approximate surface area is 127 Å². The number of hydrogen-bond donors (Lipinski definition) is 1. The number of ether oxygens (including phenoxy) is 1. The molecule has 6 heteroatoms. The van der Waals surface area contributed by atoms with Gasteiger partial charge in [0.2, 0.25) is 0 Å². The average Bonchev–Trinajstić information content (AvgIpc) is 2.53. The molecule has 0 saturated carbocycles. The lowest BCUT2D eigenvalue weighted by molar-refractivity contribution is -0.384. The molecule has 0 heterocycles. The molecule has 2 rings (SSSR count). The average molecular weight is 304 g/mol. The number of nitrogens with zero attached hydrogens (tertiary/aromatic N) is 1. The van der Waals surface area contributed by atoms with Crippen LogP contribution >= 0.6 is 11.8 Å². The number of non-ortho nitro benzene ring substituents is 1. The normalized spacial score (nSPS) is 11.9. The topological polar surface area (TPSA) is 78.4 Å². The molecule has 0 bridgehead atoms. The Bertz CT molecular complexity index is 617. The van der Waals surface area contributed by atoms with Crippen molar-refractivity contribution in [2.45, 2.75) is 10.9 Å². The smallest absolute Gasteiger partial charge is 0.269 e. The second kappa shape index (κ2) is 7.10. The van der Waals surface area contributed by atoms with E-state index in [1.54, 1.807) is 31.0 Å². The van der Waals surface area contributed by atoms with Gasteiger partial charge in [0.25, 0.3) is 5.69 Å². The van der Waals surface area contributed by atoms with Crippen LogP contribution < -0.4 is 10.5 Å². The fourth-order valence-corrected chi connectivity index (χ4v) is 2.71. The molecular formula is C15H16N2O3S. The monoisotopic (exact) mass is 304 g/mol. The quantitative estimate of drug-likeness (QED) is 0.503. The van der Waals surface area contributed by atoms with E-state index in [0.717, 1.165) is 16.2 Å². The van der Waals surface area contributed by atoms with Crippen LogP contribution in [0.15, 0.2) is 53.4 Å². The highest BCUT2D eigenvalue weighted by atomic mass is 32.2. The van der Waals surface area contributed by atoms with Crippen molar-refractivity contribution >= 4 is 17.4 Å². The van der Waals surface area contributed by atoms with Crippen molar-refractivity contribution in [3.63, 3.8) is 0 Å². The summed E-state index contributed by atoms with van der Waals surface area (Å²) >= 11 is 1.57. The number of benzene rings is 2. The molecule has 110 valence electrons. The van der Waals surface area contributed by atoms with Crippen molar-refractivity contribution in [3.8, 4) is 5.75 Å². The minimum atomic E-state index is -0.406. The Morgan fingerprint density at radius 2 is 2.00 bits per heavy atom. The maximum atomic E-state index is 10.6. The lowest BCUT2D eigenvalue weighted by Crippen LogP contribution is -2.12. The van der Waals surface area contributed by atoms with Crippen LogP contribution in [0.5, 0.6) is 5.75 Å². The third kappa shape index (κ3) is 4.21. The van der Waals surface area contributed by atoms with Crippen molar-refractivity contribution in [3.05, 3.63) is 64.2 Å². The van der Waals surface area contributed by atoms with Gasteiger partial charge in [-0.1, -0.05) is 12.1 Å². The predicted octanol–water partition coefficient (Wildman–Crippen LogP) is 3.40. The van der Waals surface area contributed by atoms with E-state index in [2.05, 4.69) is 0 Å². The van der Waals surface area contributed by atoms with Crippen LogP contribution in [-0.2, 0) is 0 Å². The van der Waals surface area contributed by atoms with Gasteiger partial charge in [0.05, 0.1) is 12.0 Å². The zero-order chi connectivity index (χ0) is 15.2. The molecule has 1 atom stereocenters. The molecule has 0 fully saturated rings. The molecule has 0 amide bonds. The fraction of sp³-hybridized carbons (Fsp3) is 0.200. The first-order valence-electron chi connectivity index (χ1n) is 6.37. The Hall–Kier alpha value is -2.05. The van der Waals surface area contributed by atoms with Crippen molar-refractivity contribution in [2.75, 3.05) is 12.9 Å². The Kier molecular flexibility index (Phi) is 5.19. The van der Waals surface area contributed by atoms with Gasteiger partial charge in [-0.15, -0.1) is 11.8 Å². The Morgan fingerprint density at radius 1 is 1.29 bits per heavy atom. The van der Waals surface area contributed by atoms with E-state index in [4.69, 9.17) is 10.5 Å². The first-order chi connectivity index (χ1) is 10.1. The third-order valence-corrected chi connectivity index (χ3v) is 4.13. The molecule has 0 aromatic heterocycles. The summed E-state index contributed by atoms with van der Waals surface area (Å²) < 4.78 is 5.18. The van der Waals surface area contributed by atoms with Crippen LogP contribution in [0.2, 0.25) is 0 Å². The van der Waals surface area contributed by atoms with E-state index in [0.29, 0.717) is 5.75 Å². The predicted molar refractivity (Wildman–Crippen MR) is 83.7 cm³/mol. The van der Waals surface area contributed by atoms with Crippen LogP contribution in [0.1, 0.15) is 11.6 Å². The van der Waals surface area contributed by atoms with Gasteiger partial charge in [-0.2, -0.15) is 0 Å². The van der Waals surface area contributed by atoms with Crippen LogP contribution in [0.25, 0.3) is 0 Å². The van der Waals surface area contributed by atoms with Crippen LogP contribution in [-0.4, -0.2) is 17.8 Å². The maximum absolute atomic E-state index is 10.6. The van der Waals surface area contributed by atoms with Crippen molar-refractivity contribution in [1.82, 2.24) is 0 Å². The van der Waals surface area contributed by atoms with Gasteiger partial charge in [0.15, 0.2) is 0 Å². The third-order valence-electron chi connectivity index (χ3n) is 3.00. The molecule has 0 saturated heterocycles. The molecule has 0 aliphatic carbocycles. The number of nitrogens with two attached hydrogens (primary N) is 1. The van der Waals surface area contributed by atoms with Crippen LogP contribution in [0.4, 0.5) is 5.69 Å². The first kappa shape index (κ1) is 15.3. The van der Waals surface area contributed by atoms with E-state index in [1.165, 1.54) is 12.1 Å². The van der Waals surface area contributed by atoms with Crippen molar-refractivity contribution in [1.29, 1.82) is 0 Å². The zero-order valence-electron chi connectivity index (χ0n) is 11.6. The fourth-order valence-electron chi connectivity index (χ4n) is 1.82. The van der Waals surface area contributed by atoms with E-state index >= 15 is 0 Å². The molecule has 0 aliphatic heterocycles. The molecule has 0 spiro atoms. The summed E-state index contributed by atoms with van der Waals surface area (Å²) in [4.78, 5) is 11.1. The van der Waals surface area contributed by atoms with Gasteiger partial charge in [-0.05, 0) is 29.8 Å². The lowest BCUT2D eigenvalue weighted by Gasteiger charge is -2.12. The summed E-state index contributed by atoms with van der Waals surface area (Å²) in [6, 6.07) is 14.0. The van der Waals surface area contributed by atoms with Crippen LogP contribution in [0.3, 0.4) is 0 Å². The molecular weight excluding hydrogens is 288 g/mol. The maximum Gasteiger partial charge on any atom is 0.269 e. The Balaban J connectivity index is 1.96. The highest BCUT2D eigenvalue weighted by Crippen LogP contribution is 2.26. The number of methoxy groups -OCH3 is 1. The largest absolute Gasteiger partial charge is 0.497 e. The van der Waals surface area contributed by atoms with E-state index in [-0.39, 0.29) is 11.7 Å². The van der Waals surface area contributed by atoms with Gasteiger partial charge >= 0.3 is 0 Å². The van der Waals surface area contributed by atoms with E-state index < -0.39 is 4.92 Å². The molecule has 2 N–H and O–H groups in total. The SMILES string of the molecule is COc1cccc(C(N)CSc2ccc([N+](=O)[O-])cc2)c1.